The van der Waals surface area contributed by atoms with Crippen molar-refractivity contribution < 1.29 is 9.47 Å². The Balaban J connectivity index is 2.03. The van der Waals surface area contributed by atoms with Crippen molar-refractivity contribution in [1.29, 1.82) is 0 Å². The van der Waals surface area contributed by atoms with Crippen LogP contribution in [0.5, 0.6) is 11.5 Å². The van der Waals surface area contributed by atoms with Gasteiger partial charge in [0.2, 0.25) is 0 Å². The molecule has 0 aromatic heterocycles. The van der Waals surface area contributed by atoms with Gasteiger partial charge in [-0.1, -0.05) is 13.8 Å². The maximum absolute atomic E-state index is 5.90. The number of methoxy groups -OCH3 is 1. The van der Waals surface area contributed by atoms with E-state index in [0.717, 1.165) is 30.6 Å². The summed E-state index contributed by atoms with van der Waals surface area (Å²) in [6.45, 7) is 5.95. The molecule has 0 atom stereocenters. The molecule has 0 aliphatic heterocycles. The van der Waals surface area contributed by atoms with Crippen LogP contribution in [-0.2, 0) is 6.54 Å². The lowest BCUT2D eigenvalue weighted by Crippen LogP contribution is -2.22. The van der Waals surface area contributed by atoms with E-state index in [9.17, 15) is 0 Å². The fourth-order valence-corrected chi connectivity index (χ4v) is 1.77. The van der Waals surface area contributed by atoms with Crippen molar-refractivity contribution >= 4 is 0 Å². The summed E-state index contributed by atoms with van der Waals surface area (Å²) >= 11 is 0. The van der Waals surface area contributed by atoms with Crippen LogP contribution in [0, 0.1) is 5.92 Å². The first-order chi connectivity index (χ1) is 8.69. The zero-order valence-electron chi connectivity index (χ0n) is 11.5. The zero-order valence-corrected chi connectivity index (χ0v) is 11.5. The van der Waals surface area contributed by atoms with Crippen molar-refractivity contribution in [3.05, 3.63) is 23.8 Å². The molecule has 0 unspecified atom stereocenters. The third-order valence-corrected chi connectivity index (χ3v) is 3.14. The molecule has 100 valence electrons. The molecular weight excluding hydrogens is 226 g/mol. The molecule has 0 radical (unpaired) electrons. The van der Waals surface area contributed by atoms with Crippen molar-refractivity contribution in [3.8, 4) is 11.5 Å². The van der Waals surface area contributed by atoms with E-state index >= 15 is 0 Å². The van der Waals surface area contributed by atoms with E-state index in [0.29, 0.717) is 6.04 Å². The standard InChI is InChI=1S/C15H23NO2/c1-11(2)16-9-13-8-14(17-3)6-7-15(13)18-10-12-4-5-12/h6-8,11-12,16H,4-5,9-10H2,1-3H3. The van der Waals surface area contributed by atoms with E-state index in [1.54, 1.807) is 7.11 Å². The summed E-state index contributed by atoms with van der Waals surface area (Å²) < 4.78 is 11.2. The summed E-state index contributed by atoms with van der Waals surface area (Å²) in [5.74, 6) is 2.64. The highest BCUT2D eigenvalue weighted by molar-refractivity contribution is 5.40. The molecule has 0 saturated heterocycles. The van der Waals surface area contributed by atoms with Gasteiger partial charge in [-0.15, -0.1) is 0 Å². The molecule has 3 nitrogen and oxygen atoms in total. The second-order valence-corrected chi connectivity index (χ2v) is 5.26. The second-order valence-electron chi connectivity index (χ2n) is 5.26. The van der Waals surface area contributed by atoms with E-state index < -0.39 is 0 Å². The molecule has 0 bridgehead atoms. The van der Waals surface area contributed by atoms with Crippen LogP contribution in [0.2, 0.25) is 0 Å². The zero-order chi connectivity index (χ0) is 13.0. The molecule has 1 aliphatic carbocycles. The number of rotatable bonds is 7. The largest absolute Gasteiger partial charge is 0.497 e. The smallest absolute Gasteiger partial charge is 0.124 e. The van der Waals surface area contributed by atoms with Gasteiger partial charge < -0.3 is 14.8 Å². The fraction of sp³-hybridized carbons (Fsp3) is 0.600. The average molecular weight is 249 g/mol. The van der Waals surface area contributed by atoms with Gasteiger partial charge in [0.1, 0.15) is 11.5 Å². The predicted molar refractivity (Wildman–Crippen MR) is 73.2 cm³/mol. The molecule has 0 amide bonds. The van der Waals surface area contributed by atoms with Crippen LogP contribution < -0.4 is 14.8 Å². The van der Waals surface area contributed by atoms with Crippen LogP contribution >= 0.6 is 0 Å². The molecule has 18 heavy (non-hydrogen) atoms. The Morgan fingerprint density at radius 1 is 1.33 bits per heavy atom. The third kappa shape index (κ3) is 3.91. The first kappa shape index (κ1) is 13.2. The molecule has 1 N–H and O–H groups in total. The van der Waals surface area contributed by atoms with Gasteiger partial charge in [-0.2, -0.15) is 0 Å². The predicted octanol–water partition coefficient (Wildman–Crippen LogP) is 2.98. The van der Waals surface area contributed by atoms with Gasteiger partial charge in [0.05, 0.1) is 13.7 Å². The third-order valence-electron chi connectivity index (χ3n) is 3.14. The maximum Gasteiger partial charge on any atom is 0.124 e. The number of hydrogen-bond acceptors (Lipinski definition) is 3. The summed E-state index contributed by atoms with van der Waals surface area (Å²) in [5.41, 5.74) is 1.17. The first-order valence-electron chi connectivity index (χ1n) is 6.72. The number of hydrogen-bond donors (Lipinski definition) is 1. The maximum atomic E-state index is 5.90. The van der Waals surface area contributed by atoms with Gasteiger partial charge in [0.25, 0.3) is 0 Å². The Labute approximate surface area is 109 Å². The van der Waals surface area contributed by atoms with Gasteiger partial charge in [0.15, 0.2) is 0 Å². The minimum Gasteiger partial charge on any atom is -0.497 e. The van der Waals surface area contributed by atoms with Crippen LogP contribution in [0.3, 0.4) is 0 Å². The van der Waals surface area contributed by atoms with Crippen LogP contribution in [0.4, 0.5) is 0 Å². The summed E-state index contributed by atoms with van der Waals surface area (Å²) in [7, 11) is 1.69. The highest BCUT2D eigenvalue weighted by atomic mass is 16.5. The minimum atomic E-state index is 0.465. The van der Waals surface area contributed by atoms with E-state index in [1.165, 1.54) is 18.4 Å². The highest BCUT2D eigenvalue weighted by Gasteiger charge is 2.22. The summed E-state index contributed by atoms with van der Waals surface area (Å²) in [4.78, 5) is 0. The summed E-state index contributed by atoms with van der Waals surface area (Å²) in [5, 5.41) is 3.42. The highest BCUT2D eigenvalue weighted by Crippen LogP contribution is 2.31. The summed E-state index contributed by atoms with van der Waals surface area (Å²) in [6.07, 6.45) is 2.63. The summed E-state index contributed by atoms with van der Waals surface area (Å²) in [6, 6.07) is 6.49. The van der Waals surface area contributed by atoms with E-state index in [2.05, 4.69) is 25.2 Å². The minimum absolute atomic E-state index is 0.465. The van der Waals surface area contributed by atoms with Gasteiger partial charge >= 0.3 is 0 Å². The molecule has 1 aromatic rings. The number of benzene rings is 1. The van der Waals surface area contributed by atoms with Crippen LogP contribution in [0.1, 0.15) is 32.3 Å². The lowest BCUT2D eigenvalue weighted by Gasteiger charge is -2.14. The molecule has 2 rings (SSSR count). The van der Waals surface area contributed by atoms with Gasteiger partial charge in [-0.05, 0) is 37.0 Å². The van der Waals surface area contributed by atoms with Crippen LogP contribution in [-0.4, -0.2) is 19.8 Å². The van der Waals surface area contributed by atoms with E-state index in [-0.39, 0.29) is 0 Å². The monoisotopic (exact) mass is 249 g/mol. The molecule has 1 saturated carbocycles. The Hall–Kier alpha value is -1.22. The number of ether oxygens (including phenoxy) is 2. The molecule has 1 aliphatic rings. The SMILES string of the molecule is COc1ccc(OCC2CC2)c(CNC(C)C)c1. The lowest BCUT2D eigenvalue weighted by atomic mass is 10.1. The van der Waals surface area contributed by atoms with Crippen molar-refractivity contribution in [2.45, 2.75) is 39.3 Å². The van der Waals surface area contributed by atoms with Gasteiger partial charge in [-0.3, -0.25) is 0 Å². The molecule has 3 heteroatoms. The lowest BCUT2D eigenvalue weighted by molar-refractivity contribution is 0.295. The van der Waals surface area contributed by atoms with Gasteiger partial charge in [0, 0.05) is 18.2 Å². The quantitative estimate of drug-likeness (QED) is 0.806. The Kier molecular flexibility index (Phi) is 4.48. The Morgan fingerprint density at radius 2 is 2.11 bits per heavy atom. The Bertz CT molecular complexity index is 386. The van der Waals surface area contributed by atoms with Crippen molar-refractivity contribution in [1.82, 2.24) is 5.32 Å². The Morgan fingerprint density at radius 3 is 2.72 bits per heavy atom. The van der Waals surface area contributed by atoms with Crippen LogP contribution in [0.15, 0.2) is 18.2 Å². The topological polar surface area (TPSA) is 30.5 Å². The molecule has 0 spiro atoms. The number of nitrogens with one attached hydrogen (secondary N) is 1. The van der Waals surface area contributed by atoms with Crippen molar-refractivity contribution in [3.63, 3.8) is 0 Å². The average Bonchev–Trinajstić information content (AvgIpc) is 3.18. The van der Waals surface area contributed by atoms with E-state index in [4.69, 9.17) is 9.47 Å². The fourth-order valence-electron chi connectivity index (χ4n) is 1.77. The van der Waals surface area contributed by atoms with Crippen molar-refractivity contribution in [2.75, 3.05) is 13.7 Å². The van der Waals surface area contributed by atoms with Crippen LogP contribution in [0.25, 0.3) is 0 Å². The molecular formula is C15H23NO2. The normalized spacial score (nSPS) is 14.9. The molecule has 1 fully saturated rings. The second kappa shape index (κ2) is 6.10. The van der Waals surface area contributed by atoms with E-state index in [1.807, 2.05) is 12.1 Å². The molecule has 0 heterocycles. The molecule has 1 aromatic carbocycles. The van der Waals surface area contributed by atoms with Gasteiger partial charge in [-0.25, -0.2) is 0 Å². The first-order valence-corrected chi connectivity index (χ1v) is 6.72. The van der Waals surface area contributed by atoms with Crippen molar-refractivity contribution in [2.24, 2.45) is 5.92 Å².